The fourth-order valence-corrected chi connectivity index (χ4v) is 3.18. The van der Waals surface area contributed by atoms with Gasteiger partial charge in [-0.2, -0.15) is 0 Å². The highest BCUT2D eigenvalue weighted by Crippen LogP contribution is 2.17. The summed E-state index contributed by atoms with van der Waals surface area (Å²) >= 11 is 0. The predicted molar refractivity (Wildman–Crippen MR) is 128 cm³/mol. The minimum absolute atomic E-state index is 0.0875. The zero-order valence-corrected chi connectivity index (χ0v) is 19.5. The number of rotatable bonds is 8. The summed E-state index contributed by atoms with van der Waals surface area (Å²) < 4.78 is 10.5. The van der Waals surface area contributed by atoms with Gasteiger partial charge in [0.15, 0.2) is 0 Å². The molecule has 2 N–H and O–H groups in total. The Kier molecular flexibility index (Phi) is 7.99. The third kappa shape index (κ3) is 6.77. The second-order valence-corrected chi connectivity index (χ2v) is 8.08. The minimum atomic E-state index is -2.09. The number of esters is 2. The number of carboxylic acid groups (broad SMARTS) is 1. The van der Waals surface area contributed by atoms with Crippen molar-refractivity contribution in [3.8, 4) is 0 Å². The number of aryl methyl sites for hydroxylation is 3. The molecule has 0 aliphatic heterocycles. The molecule has 35 heavy (non-hydrogen) atoms. The Hall–Kier alpha value is -4.46. The zero-order valence-electron chi connectivity index (χ0n) is 19.5. The molecule has 0 saturated heterocycles. The monoisotopic (exact) mass is 475 g/mol. The number of anilines is 1. The second kappa shape index (κ2) is 11.1. The highest BCUT2D eigenvalue weighted by atomic mass is 16.6. The number of carbonyl (C=O) groups is 4. The maximum atomic E-state index is 13.1. The number of carboxylic acids is 1. The van der Waals surface area contributed by atoms with Gasteiger partial charge in [0.05, 0.1) is 11.1 Å². The molecule has 3 aromatic rings. The summed E-state index contributed by atoms with van der Waals surface area (Å²) in [4.78, 5) is 50.6. The van der Waals surface area contributed by atoms with Crippen LogP contribution in [0.3, 0.4) is 0 Å². The highest BCUT2D eigenvalue weighted by molar-refractivity contribution is 6.01. The molecule has 0 aromatic heterocycles. The van der Waals surface area contributed by atoms with Crippen molar-refractivity contribution >= 4 is 29.5 Å². The third-order valence-electron chi connectivity index (χ3n) is 5.10. The van der Waals surface area contributed by atoms with E-state index in [2.05, 4.69) is 5.32 Å². The predicted octanol–water partition coefficient (Wildman–Crippen LogP) is 4.09. The lowest BCUT2D eigenvalue weighted by atomic mass is 10.1. The molecular formula is C27H25NO7. The molecule has 1 amide bonds. The van der Waals surface area contributed by atoms with E-state index in [0.29, 0.717) is 5.69 Å². The van der Waals surface area contributed by atoms with Crippen LogP contribution in [0.2, 0.25) is 0 Å². The molecule has 3 rings (SSSR count). The number of amides is 1. The number of aliphatic carboxylic acids is 1. The average Bonchev–Trinajstić information content (AvgIpc) is 2.81. The number of hydrogen-bond acceptors (Lipinski definition) is 6. The first kappa shape index (κ1) is 25.2. The molecule has 180 valence electrons. The topological polar surface area (TPSA) is 119 Å². The lowest BCUT2D eigenvalue weighted by molar-refractivity contribution is -0.157. The van der Waals surface area contributed by atoms with Gasteiger partial charge in [-0.3, -0.25) is 4.79 Å². The van der Waals surface area contributed by atoms with Crippen molar-refractivity contribution in [3.05, 3.63) is 101 Å². The molecule has 8 heteroatoms. The zero-order chi connectivity index (χ0) is 25.5. The molecule has 0 spiro atoms. The number of nitrogens with one attached hydrogen (secondary N) is 1. The van der Waals surface area contributed by atoms with Gasteiger partial charge in [-0.25, -0.2) is 14.4 Å². The lowest BCUT2D eigenvalue weighted by Gasteiger charge is -2.23. The number of carbonyl (C=O) groups excluding carboxylic acids is 3. The van der Waals surface area contributed by atoms with Crippen molar-refractivity contribution in [1.82, 2.24) is 0 Å². The van der Waals surface area contributed by atoms with Crippen LogP contribution in [0.25, 0.3) is 0 Å². The van der Waals surface area contributed by atoms with Crippen LogP contribution in [-0.2, 0) is 19.1 Å². The van der Waals surface area contributed by atoms with Crippen LogP contribution < -0.4 is 5.32 Å². The largest absolute Gasteiger partial charge is 0.478 e. The molecule has 0 fully saturated rings. The van der Waals surface area contributed by atoms with Crippen LogP contribution >= 0.6 is 0 Å². The first-order valence-corrected chi connectivity index (χ1v) is 10.8. The third-order valence-corrected chi connectivity index (χ3v) is 5.10. The molecule has 3 aromatic carbocycles. The molecular weight excluding hydrogens is 450 g/mol. The number of hydrogen-bond donors (Lipinski definition) is 2. The van der Waals surface area contributed by atoms with E-state index in [9.17, 15) is 24.3 Å². The molecule has 2 atom stereocenters. The summed E-state index contributed by atoms with van der Waals surface area (Å²) in [6, 6.07) is 19.3. The van der Waals surface area contributed by atoms with Crippen LogP contribution in [0.1, 0.15) is 37.4 Å². The molecule has 0 aliphatic rings. The van der Waals surface area contributed by atoms with Gasteiger partial charge in [-0.15, -0.1) is 0 Å². The molecule has 0 unspecified atom stereocenters. The van der Waals surface area contributed by atoms with Crippen molar-refractivity contribution in [2.75, 3.05) is 5.32 Å². The second-order valence-electron chi connectivity index (χ2n) is 8.08. The van der Waals surface area contributed by atoms with E-state index in [4.69, 9.17) is 9.47 Å². The van der Waals surface area contributed by atoms with Crippen molar-refractivity contribution in [2.24, 2.45) is 0 Å². The first-order chi connectivity index (χ1) is 16.6. The fraction of sp³-hybridized carbons (Fsp3) is 0.185. The van der Waals surface area contributed by atoms with Crippen molar-refractivity contribution in [1.29, 1.82) is 0 Å². The Morgan fingerprint density at radius 3 is 1.63 bits per heavy atom. The van der Waals surface area contributed by atoms with E-state index in [-0.39, 0.29) is 11.1 Å². The minimum Gasteiger partial charge on any atom is -0.478 e. The van der Waals surface area contributed by atoms with E-state index in [1.807, 2.05) is 26.8 Å². The summed E-state index contributed by atoms with van der Waals surface area (Å²) in [5.41, 5.74) is 3.18. The van der Waals surface area contributed by atoms with Crippen LogP contribution in [0.15, 0.2) is 72.8 Å². The van der Waals surface area contributed by atoms with E-state index in [1.54, 1.807) is 42.5 Å². The maximum Gasteiger partial charge on any atom is 0.349 e. The van der Waals surface area contributed by atoms with Crippen LogP contribution in [-0.4, -0.2) is 41.1 Å². The van der Waals surface area contributed by atoms with Crippen LogP contribution in [0.4, 0.5) is 5.69 Å². The van der Waals surface area contributed by atoms with Crippen molar-refractivity contribution in [3.63, 3.8) is 0 Å². The fourth-order valence-electron chi connectivity index (χ4n) is 3.18. The molecule has 0 radical (unpaired) electrons. The summed E-state index contributed by atoms with van der Waals surface area (Å²) in [5.74, 6) is -4.52. The number of benzene rings is 3. The van der Waals surface area contributed by atoms with Gasteiger partial charge in [0, 0.05) is 5.69 Å². The van der Waals surface area contributed by atoms with E-state index < -0.39 is 36.0 Å². The van der Waals surface area contributed by atoms with E-state index in [1.165, 1.54) is 24.3 Å². The quantitative estimate of drug-likeness (QED) is 0.471. The van der Waals surface area contributed by atoms with Gasteiger partial charge in [-0.1, -0.05) is 47.5 Å². The Labute approximate surface area is 202 Å². The summed E-state index contributed by atoms with van der Waals surface area (Å²) in [6.45, 7) is 5.47. The maximum absolute atomic E-state index is 13.1. The van der Waals surface area contributed by atoms with Gasteiger partial charge in [0.25, 0.3) is 5.91 Å². The van der Waals surface area contributed by atoms with Gasteiger partial charge in [-0.05, 0) is 62.7 Å². The van der Waals surface area contributed by atoms with Gasteiger partial charge >= 0.3 is 17.9 Å². The van der Waals surface area contributed by atoms with E-state index >= 15 is 0 Å². The van der Waals surface area contributed by atoms with E-state index in [0.717, 1.165) is 16.7 Å². The van der Waals surface area contributed by atoms with Gasteiger partial charge in [0.2, 0.25) is 12.2 Å². The average molecular weight is 475 g/mol. The Bertz CT molecular complexity index is 1230. The molecule has 0 saturated carbocycles. The Morgan fingerprint density at radius 2 is 1.17 bits per heavy atom. The van der Waals surface area contributed by atoms with Crippen molar-refractivity contribution in [2.45, 2.75) is 33.0 Å². The molecule has 8 nitrogen and oxygen atoms in total. The molecule has 0 aliphatic carbocycles. The van der Waals surface area contributed by atoms with Crippen molar-refractivity contribution < 1.29 is 33.8 Å². The Balaban J connectivity index is 1.90. The smallest absolute Gasteiger partial charge is 0.349 e. The van der Waals surface area contributed by atoms with Crippen LogP contribution in [0, 0.1) is 20.8 Å². The normalized spacial score (nSPS) is 12.2. The standard InChI is InChI=1S/C27H25NO7/c1-16-7-11-19(12-8-16)26(32)34-22(24(29)28-21-6-4-5-18(3)15-21)23(25(30)31)35-27(33)20-13-9-17(2)10-14-20/h4-15,22-23H,1-3H3,(H,28,29)(H,30,31)/t22-,23+/m1/s1. The molecule has 0 bridgehead atoms. The SMILES string of the molecule is Cc1ccc(C(=O)O[C@H](C(=O)O)[C@@H](OC(=O)c2ccc(C)cc2)C(=O)Nc2cccc(C)c2)cc1. The Morgan fingerprint density at radius 1 is 0.686 bits per heavy atom. The summed E-state index contributed by atoms with van der Waals surface area (Å²) in [5, 5.41) is 12.3. The highest BCUT2D eigenvalue weighted by Gasteiger charge is 2.41. The molecule has 0 heterocycles. The van der Waals surface area contributed by atoms with Gasteiger partial charge in [0.1, 0.15) is 0 Å². The lowest BCUT2D eigenvalue weighted by Crippen LogP contribution is -2.48. The number of ether oxygens (including phenoxy) is 2. The van der Waals surface area contributed by atoms with Gasteiger partial charge < -0.3 is 19.9 Å². The first-order valence-electron chi connectivity index (χ1n) is 10.8. The summed E-state index contributed by atoms with van der Waals surface area (Å²) in [6.07, 6.45) is -4.06. The van der Waals surface area contributed by atoms with Crippen LogP contribution in [0.5, 0.6) is 0 Å². The summed E-state index contributed by atoms with van der Waals surface area (Å²) in [7, 11) is 0.